The fourth-order valence-electron chi connectivity index (χ4n) is 3.59. The summed E-state index contributed by atoms with van der Waals surface area (Å²) in [6.45, 7) is 1.84. The Morgan fingerprint density at radius 1 is 1.24 bits per heavy atom. The Bertz CT molecular complexity index is 755. The number of aromatic nitrogens is 2. The van der Waals surface area contributed by atoms with Crippen LogP contribution in [0.4, 0.5) is 5.82 Å². The lowest BCUT2D eigenvalue weighted by Crippen LogP contribution is -2.31. The third kappa shape index (κ3) is 4.27. The molecule has 25 heavy (non-hydrogen) atoms. The van der Waals surface area contributed by atoms with Crippen molar-refractivity contribution in [1.29, 1.82) is 0 Å². The molecule has 0 amide bonds. The van der Waals surface area contributed by atoms with Crippen LogP contribution in [-0.4, -0.2) is 40.6 Å². The molecule has 2 aromatic rings. The van der Waals surface area contributed by atoms with Crippen molar-refractivity contribution >= 4 is 5.82 Å². The molecule has 6 nitrogen and oxygen atoms in total. The van der Waals surface area contributed by atoms with Gasteiger partial charge in [-0.1, -0.05) is 12.1 Å². The van der Waals surface area contributed by atoms with Gasteiger partial charge in [0, 0.05) is 18.8 Å². The molecule has 3 rings (SSSR count). The number of rotatable bonds is 6. The number of anilines is 1. The zero-order valence-corrected chi connectivity index (χ0v) is 14.8. The number of nitrogen functional groups attached to an aromatic ring is 1. The maximum atomic E-state index is 11.9. The molecule has 0 spiro atoms. The molecule has 0 bridgehead atoms. The molecule has 134 valence electrons. The first-order chi connectivity index (χ1) is 12.1. The standard InChI is InChI=1S/C19H27N5O/c1-23(17-7-4-15(12-17)13-20)10-8-14-2-5-16(6-3-14)24-11-9-18(21)22-19(24)25/h2-3,5-6,9,11,15,17H,4,7-8,10,12-13,20H2,1H3,(H2,21,22,25)/t15-,17+/m0/s1. The number of hydrogen-bond acceptors (Lipinski definition) is 5. The smallest absolute Gasteiger partial charge is 0.354 e. The summed E-state index contributed by atoms with van der Waals surface area (Å²) in [4.78, 5) is 18.1. The molecule has 0 unspecified atom stereocenters. The van der Waals surface area contributed by atoms with E-state index in [0.717, 1.165) is 25.2 Å². The Labute approximate surface area is 148 Å². The second kappa shape index (κ2) is 7.80. The van der Waals surface area contributed by atoms with E-state index in [0.29, 0.717) is 12.0 Å². The summed E-state index contributed by atoms with van der Waals surface area (Å²) in [5.74, 6) is 0.934. The number of likely N-dealkylation sites (N-methyl/N-ethyl adjacent to an activating group) is 1. The average Bonchev–Trinajstić information content (AvgIpc) is 3.10. The summed E-state index contributed by atoms with van der Waals surface area (Å²) in [6, 6.07) is 10.3. The van der Waals surface area contributed by atoms with Crippen molar-refractivity contribution in [2.45, 2.75) is 31.7 Å². The van der Waals surface area contributed by atoms with Crippen molar-refractivity contribution < 1.29 is 0 Å². The Kier molecular flexibility index (Phi) is 5.50. The van der Waals surface area contributed by atoms with Gasteiger partial charge in [-0.2, -0.15) is 4.98 Å². The van der Waals surface area contributed by atoms with Crippen LogP contribution in [0.15, 0.2) is 41.3 Å². The summed E-state index contributed by atoms with van der Waals surface area (Å²) in [7, 11) is 2.21. The topological polar surface area (TPSA) is 90.2 Å². The third-order valence-corrected chi connectivity index (χ3v) is 5.26. The van der Waals surface area contributed by atoms with Gasteiger partial charge >= 0.3 is 5.69 Å². The fourth-order valence-corrected chi connectivity index (χ4v) is 3.59. The molecule has 2 atom stereocenters. The van der Waals surface area contributed by atoms with Gasteiger partial charge in [-0.3, -0.25) is 4.57 Å². The maximum Gasteiger partial charge on any atom is 0.354 e. The van der Waals surface area contributed by atoms with Gasteiger partial charge in [0.25, 0.3) is 0 Å². The summed E-state index contributed by atoms with van der Waals surface area (Å²) >= 11 is 0. The number of benzene rings is 1. The van der Waals surface area contributed by atoms with Gasteiger partial charge in [-0.05, 0) is 69.0 Å². The molecular formula is C19H27N5O. The SMILES string of the molecule is CN(CCc1ccc(-n2ccc(N)nc2=O)cc1)[C@@H]1CC[C@H](CN)C1. The van der Waals surface area contributed by atoms with E-state index in [4.69, 9.17) is 11.5 Å². The van der Waals surface area contributed by atoms with Crippen molar-refractivity contribution in [3.8, 4) is 5.69 Å². The Morgan fingerprint density at radius 3 is 2.64 bits per heavy atom. The highest BCUT2D eigenvalue weighted by molar-refractivity contribution is 5.36. The largest absolute Gasteiger partial charge is 0.383 e. The quantitative estimate of drug-likeness (QED) is 0.829. The third-order valence-electron chi connectivity index (χ3n) is 5.26. The normalized spacial score (nSPS) is 20.3. The molecule has 1 aromatic carbocycles. The number of hydrogen-bond donors (Lipinski definition) is 2. The van der Waals surface area contributed by atoms with E-state index in [9.17, 15) is 4.79 Å². The molecule has 1 heterocycles. The van der Waals surface area contributed by atoms with Crippen LogP contribution in [0.1, 0.15) is 24.8 Å². The van der Waals surface area contributed by atoms with Gasteiger partial charge in [0.1, 0.15) is 5.82 Å². The lowest BCUT2D eigenvalue weighted by atomic mass is 10.1. The lowest BCUT2D eigenvalue weighted by Gasteiger charge is -2.24. The second-order valence-corrected chi connectivity index (χ2v) is 6.97. The highest BCUT2D eigenvalue weighted by Gasteiger charge is 2.26. The molecule has 1 aliphatic rings. The van der Waals surface area contributed by atoms with E-state index in [1.54, 1.807) is 12.3 Å². The first-order valence-electron chi connectivity index (χ1n) is 8.91. The summed E-state index contributed by atoms with van der Waals surface area (Å²) < 4.78 is 1.50. The molecule has 0 saturated heterocycles. The molecule has 1 fully saturated rings. The van der Waals surface area contributed by atoms with Crippen LogP contribution in [0.5, 0.6) is 0 Å². The van der Waals surface area contributed by atoms with Gasteiger partial charge in [0.2, 0.25) is 0 Å². The number of nitrogens with zero attached hydrogens (tertiary/aromatic N) is 3. The molecule has 0 aliphatic heterocycles. The number of nitrogens with two attached hydrogens (primary N) is 2. The van der Waals surface area contributed by atoms with E-state index in [1.807, 2.05) is 12.1 Å². The molecule has 1 aliphatic carbocycles. The predicted octanol–water partition coefficient (Wildman–Crippen LogP) is 1.42. The molecule has 1 saturated carbocycles. The Hall–Kier alpha value is -2.18. The second-order valence-electron chi connectivity index (χ2n) is 6.97. The van der Waals surface area contributed by atoms with Crippen LogP contribution >= 0.6 is 0 Å². The van der Waals surface area contributed by atoms with Gasteiger partial charge in [-0.25, -0.2) is 4.79 Å². The highest BCUT2D eigenvalue weighted by atomic mass is 16.1. The zero-order chi connectivity index (χ0) is 17.8. The van der Waals surface area contributed by atoms with E-state index in [-0.39, 0.29) is 11.5 Å². The minimum absolute atomic E-state index is 0.240. The fraction of sp³-hybridized carbons (Fsp3) is 0.474. The van der Waals surface area contributed by atoms with Gasteiger partial charge in [0.15, 0.2) is 0 Å². The van der Waals surface area contributed by atoms with Crippen LogP contribution in [0.2, 0.25) is 0 Å². The van der Waals surface area contributed by atoms with E-state index >= 15 is 0 Å². The first-order valence-corrected chi connectivity index (χ1v) is 8.91. The van der Waals surface area contributed by atoms with E-state index in [1.165, 1.54) is 29.4 Å². The summed E-state index contributed by atoms with van der Waals surface area (Å²) in [5, 5.41) is 0. The van der Waals surface area contributed by atoms with Crippen LogP contribution < -0.4 is 17.2 Å². The van der Waals surface area contributed by atoms with Gasteiger partial charge in [0.05, 0.1) is 5.69 Å². The average molecular weight is 341 g/mol. The molecular weight excluding hydrogens is 314 g/mol. The van der Waals surface area contributed by atoms with Gasteiger partial charge < -0.3 is 16.4 Å². The van der Waals surface area contributed by atoms with E-state index in [2.05, 4.69) is 29.1 Å². The lowest BCUT2D eigenvalue weighted by molar-refractivity contribution is 0.243. The Balaban J connectivity index is 1.58. The zero-order valence-electron chi connectivity index (χ0n) is 14.8. The van der Waals surface area contributed by atoms with Crippen molar-refractivity contribution in [1.82, 2.24) is 14.5 Å². The minimum Gasteiger partial charge on any atom is -0.383 e. The summed E-state index contributed by atoms with van der Waals surface area (Å²) in [5.41, 5.74) is 13.0. The van der Waals surface area contributed by atoms with Crippen molar-refractivity contribution in [3.05, 3.63) is 52.6 Å². The van der Waals surface area contributed by atoms with Crippen molar-refractivity contribution in [2.24, 2.45) is 11.7 Å². The van der Waals surface area contributed by atoms with E-state index < -0.39 is 0 Å². The van der Waals surface area contributed by atoms with Crippen LogP contribution in [0.3, 0.4) is 0 Å². The first kappa shape index (κ1) is 17.6. The molecule has 0 radical (unpaired) electrons. The molecule has 4 N–H and O–H groups in total. The monoisotopic (exact) mass is 341 g/mol. The Morgan fingerprint density at radius 2 is 2.00 bits per heavy atom. The molecule has 6 heteroatoms. The van der Waals surface area contributed by atoms with Crippen LogP contribution in [0, 0.1) is 5.92 Å². The van der Waals surface area contributed by atoms with Gasteiger partial charge in [-0.15, -0.1) is 0 Å². The predicted molar refractivity (Wildman–Crippen MR) is 101 cm³/mol. The maximum absolute atomic E-state index is 11.9. The van der Waals surface area contributed by atoms with Crippen LogP contribution in [0.25, 0.3) is 5.69 Å². The van der Waals surface area contributed by atoms with Crippen molar-refractivity contribution in [2.75, 3.05) is 25.9 Å². The highest BCUT2D eigenvalue weighted by Crippen LogP contribution is 2.27. The van der Waals surface area contributed by atoms with Crippen LogP contribution in [-0.2, 0) is 6.42 Å². The summed E-state index contributed by atoms with van der Waals surface area (Å²) in [6.07, 6.45) is 6.38. The molecule has 1 aromatic heterocycles. The minimum atomic E-state index is -0.358. The van der Waals surface area contributed by atoms with Crippen molar-refractivity contribution in [3.63, 3.8) is 0 Å².